The third-order valence-corrected chi connectivity index (χ3v) is 7.87. The van der Waals surface area contributed by atoms with Gasteiger partial charge in [0, 0.05) is 11.8 Å². The zero-order chi connectivity index (χ0) is 24.8. The molecule has 0 bridgehead atoms. The summed E-state index contributed by atoms with van der Waals surface area (Å²) in [5, 5.41) is 17.5. The summed E-state index contributed by atoms with van der Waals surface area (Å²) >= 11 is 0. The molecule has 1 aliphatic rings. The van der Waals surface area contributed by atoms with Gasteiger partial charge in [0.2, 0.25) is 0 Å². The van der Waals surface area contributed by atoms with Gasteiger partial charge < -0.3 is 15.2 Å². The first-order valence-corrected chi connectivity index (χ1v) is 12.3. The number of carbonyl (C=O) groups excluding carboxylic acids is 1. The monoisotopic (exact) mass is 494 g/mol. The Morgan fingerprint density at radius 1 is 1.26 bits per heavy atom. The first-order chi connectivity index (χ1) is 15.9. The van der Waals surface area contributed by atoms with E-state index in [0.29, 0.717) is 22.3 Å². The number of hydrogen-bond acceptors (Lipinski definition) is 7. The van der Waals surface area contributed by atoms with Gasteiger partial charge in [0.1, 0.15) is 17.0 Å². The van der Waals surface area contributed by atoms with E-state index in [1.165, 1.54) is 23.0 Å². The van der Waals surface area contributed by atoms with Crippen molar-refractivity contribution in [1.82, 2.24) is 20.1 Å². The van der Waals surface area contributed by atoms with E-state index in [4.69, 9.17) is 0 Å². The smallest absolute Gasteiger partial charge is 0.387 e. The minimum Gasteiger partial charge on any atom is -0.435 e. The maximum Gasteiger partial charge on any atom is 0.387 e. The van der Waals surface area contributed by atoms with Gasteiger partial charge in [-0.05, 0) is 39.0 Å². The number of nitrogens with zero attached hydrogens (tertiary/aromatic N) is 3. The van der Waals surface area contributed by atoms with E-state index in [9.17, 15) is 27.1 Å². The van der Waals surface area contributed by atoms with Crippen molar-refractivity contribution in [2.45, 2.75) is 45.1 Å². The first kappa shape index (κ1) is 24.0. The second-order valence-electron chi connectivity index (χ2n) is 8.82. The average molecular weight is 495 g/mol. The second-order valence-corrected chi connectivity index (χ2v) is 10.9. The van der Waals surface area contributed by atoms with Crippen molar-refractivity contribution in [3.05, 3.63) is 42.1 Å². The van der Waals surface area contributed by atoms with Crippen LogP contribution in [0, 0.1) is 0 Å². The number of pyridine rings is 1. The van der Waals surface area contributed by atoms with Crippen LogP contribution in [0.3, 0.4) is 0 Å². The molecule has 0 radical (unpaired) electrons. The molecule has 9 nitrogen and oxygen atoms in total. The molecule has 3 aromatic rings. The van der Waals surface area contributed by atoms with Crippen LogP contribution in [0.2, 0.25) is 0 Å². The summed E-state index contributed by atoms with van der Waals surface area (Å²) in [4.78, 5) is 17.2. The third kappa shape index (κ3) is 4.73. The Kier molecular flexibility index (Phi) is 6.06. The Morgan fingerprint density at radius 3 is 2.59 bits per heavy atom. The van der Waals surface area contributed by atoms with Crippen molar-refractivity contribution in [3.8, 4) is 17.0 Å². The quantitative estimate of drug-likeness (QED) is 0.517. The molecule has 3 heterocycles. The molecule has 2 atom stereocenters. The van der Waals surface area contributed by atoms with E-state index in [2.05, 4.69) is 20.1 Å². The molecular weight excluding hydrogens is 470 g/mol. The summed E-state index contributed by atoms with van der Waals surface area (Å²) < 4.78 is 54.4. The lowest BCUT2D eigenvalue weighted by molar-refractivity contribution is -0.0498. The molecule has 0 unspecified atom stereocenters. The molecule has 182 valence electrons. The summed E-state index contributed by atoms with van der Waals surface area (Å²) in [6.07, 6.45) is 0.553. The van der Waals surface area contributed by atoms with Crippen LogP contribution >= 0.6 is 0 Å². The molecule has 0 aliphatic carbocycles. The van der Waals surface area contributed by atoms with E-state index in [-0.39, 0.29) is 22.8 Å². The second kappa shape index (κ2) is 8.58. The maximum absolute atomic E-state index is 12.8. The maximum atomic E-state index is 12.8. The molecule has 0 spiro atoms. The minimum absolute atomic E-state index is 0.0431. The SMILES string of the molecule is C[C@H](O)[C@@H](C)n1nc(-c2cccc(OC(F)F)c2)c2ncc(C(=O)NC3(C)CS(=O)(=O)C3)cc21. The Labute approximate surface area is 194 Å². The van der Waals surface area contributed by atoms with Crippen LogP contribution in [-0.2, 0) is 9.84 Å². The van der Waals surface area contributed by atoms with Crippen LogP contribution in [0.1, 0.15) is 37.2 Å². The number of amides is 1. The van der Waals surface area contributed by atoms with Gasteiger partial charge in [-0.1, -0.05) is 12.1 Å². The average Bonchev–Trinajstić information content (AvgIpc) is 3.09. The largest absolute Gasteiger partial charge is 0.435 e. The van der Waals surface area contributed by atoms with Gasteiger partial charge in [0.15, 0.2) is 9.84 Å². The first-order valence-electron chi connectivity index (χ1n) is 10.5. The van der Waals surface area contributed by atoms with Gasteiger partial charge in [0.05, 0.1) is 40.3 Å². The van der Waals surface area contributed by atoms with Crippen LogP contribution in [0.15, 0.2) is 36.5 Å². The number of hydrogen-bond donors (Lipinski definition) is 2. The highest BCUT2D eigenvalue weighted by Gasteiger charge is 2.45. The van der Waals surface area contributed by atoms with E-state index >= 15 is 0 Å². The fourth-order valence-electron chi connectivity index (χ4n) is 4.02. The van der Waals surface area contributed by atoms with Gasteiger partial charge >= 0.3 is 6.61 Å². The number of carbonyl (C=O) groups is 1. The number of sulfone groups is 1. The highest BCUT2D eigenvalue weighted by atomic mass is 32.2. The Bertz CT molecular complexity index is 1340. The molecule has 12 heteroatoms. The fourth-order valence-corrected chi connectivity index (χ4v) is 6.02. The van der Waals surface area contributed by atoms with Gasteiger partial charge in [-0.15, -0.1) is 0 Å². The van der Waals surface area contributed by atoms with Gasteiger partial charge in [-0.25, -0.2) is 8.42 Å². The molecule has 1 amide bonds. The number of ether oxygens (including phenoxy) is 1. The summed E-state index contributed by atoms with van der Waals surface area (Å²) in [6, 6.07) is 7.08. The number of nitrogens with one attached hydrogen (secondary N) is 1. The van der Waals surface area contributed by atoms with Gasteiger partial charge in [-0.2, -0.15) is 13.9 Å². The molecule has 2 aromatic heterocycles. The van der Waals surface area contributed by atoms with E-state index < -0.39 is 40.0 Å². The highest BCUT2D eigenvalue weighted by Crippen LogP contribution is 2.32. The lowest BCUT2D eigenvalue weighted by Gasteiger charge is -2.38. The number of aliphatic hydroxyl groups is 1. The number of rotatable bonds is 7. The summed E-state index contributed by atoms with van der Waals surface area (Å²) in [5.74, 6) is -0.810. The molecule has 0 saturated carbocycles. The standard InChI is InChI=1S/C22H24F2N4O5S/c1-12(13(2)29)28-17-8-15(20(30)26-22(3)10-34(31,32)11-22)9-25-19(17)18(27-28)14-5-4-6-16(7-14)33-21(23)24/h4-9,12-13,21,29H,10-11H2,1-3H3,(H,26,30)/t12-,13+/m1/s1. The molecule has 1 aliphatic heterocycles. The fraction of sp³-hybridized carbons (Fsp3) is 0.409. The zero-order valence-electron chi connectivity index (χ0n) is 18.7. The Balaban J connectivity index is 1.75. The molecule has 1 fully saturated rings. The normalized spacial score (nSPS) is 18.3. The highest BCUT2D eigenvalue weighted by molar-refractivity contribution is 7.93. The van der Waals surface area contributed by atoms with Crippen LogP contribution in [-0.4, -0.2) is 64.0 Å². The van der Waals surface area contributed by atoms with Crippen LogP contribution in [0.25, 0.3) is 22.3 Å². The van der Waals surface area contributed by atoms with Gasteiger partial charge in [0.25, 0.3) is 5.91 Å². The summed E-state index contributed by atoms with van der Waals surface area (Å²) in [6.45, 7) is 2.01. The predicted molar refractivity (Wildman–Crippen MR) is 121 cm³/mol. The molecule has 1 saturated heterocycles. The van der Waals surface area contributed by atoms with Crippen molar-refractivity contribution in [2.24, 2.45) is 0 Å². The topological polar surface area (TPSA) is 123 Å². The van der Waals surface area contributed by atoms with E-state index in [0.717, 1.165) is 0 Å². The Morgan fingerprint density at radius 2 is 1.97 bits per heavy atom. The molecule has 4 rings (SSSR count). The molecule has 34 heavy (non-hydrogen) atoms. The van der Waals surface area contributed by atoms with Crippen molar-refractivity contribution in [3.63, 3.8) is 0 Å². The minimum atomic E-state index is -3.15. The lowest BCUT2D eigenvalue weighted by atomic mass is 10.1. The molecule has 2 N–H and O–H groups in total. The predicted octanol–water partition coefficient (Wildman–Crippen LogP) is 2.56. The van der Waals surface area contributed by atoms with Crippen molar-refractivity contribution < 1.29 is 31.8 Å². The number of fused-ring (bicyclic) bond motifs is 1. The van der Waals surface area contributed by atoms with Crippen molar-refractivity contribution in [2.75, 3.05) is 11.5 Å². The van der Waals surface area contributed by atoms with E-state index in [1.807, 2.05) is 0 Å². The molecule has 1 aromatic carbocycles. The number of aromatic nitrogens is 3. The summed E-state index contributed by atoms with van der Waals surface area (Å²) in [7, 11) is -3.15. The van der Waals surface area contributed by atoms with Crippen LogP contribution < -0.4 is 10.1 Å². The number of benzene rings is 1. The zero-order valence-corrected chi connectivity index (χ0v) is 19.5. The lowest BCUT2D eigenvalue weighted by Crippen LogP contribution is -2.63. The summed E-state index contributed by atoms with van der Waals surface area (Å²) in [5.41, 5.74) is 1.02. The third-order valence-electron chi connectivity index (χ3n) is 5.72. The van der Waals surface area contributed by atoms with Crippen molar-refractivity contribution >= 4 is 26.8 Å². The van der Waals surface area contributed by atoms with Crippen molar-refractivity contribution in [1.29, 1.82) is 0 Å². The van der Waals surface area contributed by atoms with Crippen LogP contribution in [0.5, 0.6) is 5.75 Å². The number of halogens is 2. The number of alkyl halides is 2. The molecular formula is C22H24F2N4O5S. The van der Waals surface area contributed by atoms with Crippen LogP contribution in [0.4, 0.5) is 8.78 Å². The van der Waals surface area contributed by atoms with E-state index in [1.54, 1.807) is 39.0 Å². The van der Waals surface area contributed by atoms with Gasteiger partial charge in [-0.3, -0.25) is 14.5 Å². The number of aliphatic hydroxyl groups excluding tert-OH is 1. The Hall–Kier alpha value is -3.12.